The van der Waals surface area contributed by atoms with E-state index < -0.39 is 28.3 Å². The molecule has 7 nitrogen and oxygen atoms in total. The van der Waals surface area contributed by atoms with Gasteiger partial charge in [0.2, 0.25) is 0 Å². The number of rotatable bonds is 8. The number of nitrogens with one attached hydrogen (secondary N) is 1. The van der Waals surface area contributed by atoms with Crippen LogP contribution in [0.4, 0.5) is 10.1 Å². The molecule has 1 heterocycles. The summed E-state index contributed by atoms with van der Waals surface area (Å²) in [6.07, 6.45) is 1.47. The first kappa shape index (κ1) is 28.4. The predicted octanol–water partition coefficient (Wildman–Crippen LogP) is 6.19. The lowest BCUT2D eigenvalue weighted by molar-refractivity contribution is -0.119. The van der Waals surface area contributed by atoms with Gasteiger partial charge in [0.15, 0.2) is 0 Å². The van der Waals surface area contributed by atoms with E-state index in [1.165, 1.54) is 6.21 Å². The van der Waals surface area contributed by atoms with Crippen LogP contribution in [-0.4, -0.2) is 31.7 Å². The van der Waals surface area contributed by atoms with Crippen LogP contribution < -0.4 is 9.73 Å². The molecule has 0 radical (unpaired) electrons. The molecule has 0 spiro atoms. The fourth-order valence-electron chi connectivity index (χ4n) is 4.05. The number of hydrazone groups is 1. The smallest absolute Gasteiger partial charge is 0.264 e. The Balaban J connectivity index is 1.56. The lowest BCUT2D eigenvalue weighted by Crippen LogP contribution is -2.39. The van der Waals surface area contributed by atoms with Crippen molar-refractivity contribution in [3.8, 4) is 5.69 Å². The Bertz CT molecular complexity index is 1650. The van der Waals surface area contributed by atoms with E-state index in [2.05, 4.69) is 10.5 Å². The van der Waals surface area contributed by atoms with Gasteiger partial charge in [0.05, 0.1) is 32.5 Å². The fourth-order valence-corrected chi connectivity index (χ4v) is 5.85. The van der Waals surface area contributed by atoms with Crippen LogP contribution in [0.1, 0.15) is 22.5 Å². The van der Waals surface area contributed by atoms with Crippen LogP contribution in [0.25, 0.3) is 5.69 Å². The summed E-state index contributed by atoms with van der Waals surface area (Å²) in [6, 6.07) is 18.3. The summed E-state index contributed by atoms with van der Waals surface area (Å²) >= 11 is 12.6. The number of nitrogens with zero attached hydrogens (tertiary/aromatic N) is 3. The second-order valence-corrected chi connectivity index (χ2v) is 11.5. The first-order valence-electron chi connectivity index (χ1n) is 11.8. The summed E-state index contributed by atoms with van der Waals surface area (Å²) in [5, 5.41) is 4.89. The van der Waals surface area contributed by atoms with E-state index in [1.807, 2.05) is 37.5 Å². The van der Waals surface area contributed by atoms with Crippen LogP contribution in [0.5, 0.6) is 0 Å². The van der Waals surface area contributed by atoms with Crippen LogP contribution >= 0.6 is 23.2 Å². The molecule has 0 aliphatic rings. The van der Waals surface area contributed by atoms with E-state index in [1.54, 1.807) is 36.4 Å². The summed E-state index contributed by atoms with van der Waals surface area (Å²) in [5.41, 5.74) is 6.72. The molecule has 1 amide bonds. The number of aryl methyl sites for hydroxylation is 2. The first-order valence-corrected chi connectivity index (χ1v) is 14.0. The van der Waals surface area contributed by atoms with Crippen molar-refractivity contribution in [3.63, 3.8) is 0 Å². The Hall–Kier alpha value is -3.66. The van der Waals surface area contributed by atoms with E-state index in [4.69, 9.17) is 23.2 Å². The molecule has 0 bridgehead atoms. The monoisotopic (exact) mass is 586 g/mol. The van der Waals surface area contributed by atoms with Crippen molar-refractivity contribution in [1.82, 2.24) is 9.99 Å². The minimum Gasteiger partial charge on any atom is -0.316 e. The number of carbonyl (C=O) groups excluding carboxylic acids is 1. The molecule has 0 aliphatic carbocycles. The van der Waals surface area contributed by atoms with Crippen LogP contribution in [-0.2, 0) is 14.8 Å². The van der Waals surface area contributed by atoms with Crippen molar-refractivity contribution < 1.29 is 17.6 Å². The molecule has 4 aromatic rings. The summed E-state index contributed by atoms with van der Waals surface area (Å²) in [4.78, 5) is 12.7. The molecule has 0 aliphatic heterocycles. The molecule has 3 aromatic carbocycles. The molecule has 202 valence electrons. The molecule has 1 N–H and O–H groups in total. The first-order chi connectivity index (χ1) is 18.5. The Morgan fingerprint density at radius 3 is 2.36 bits per heavy atom. The second kappa shape index (κ2) is 11.6. The number of benzene rings is 3. The maximum absolute atomic E-state index is 13.4. The van der Waals surface area contributed by atoms with E-state index in [-0.39, 0.29) is 10.6 Å². The lowest BCUT2D eigenvalue weighted by atomic mass is 10.2. The summed E-state index contributed by atoms with van der Waals surface area (Å²) in [7, 11) is -4.18. The molecule has 0 atom stereocenters. The van der Waals surface area contributed by atoms with Gasteiger partial charge in [0, 0.05) is 17.0 Å². The van der Waals surface area contributed by atoms with Gasteiger partial charge < -0.3 is 4.57 Å². The van der Waals surface area contributed by atoms with Gasteiger partial charge in [-0.25, -0.2) is 18.2 Å². The highest BCUT2D eigenvalue weighted by Crippen LogP contribution is 2.31. The molecule has 0 fully saturated rings. The topological polar surface area (TPSA) is 83.8 Å². The molecule has 11 heteroatoms. The third-order valence-electron chi connectivity index (χ3n) is 6.05. The van der Waals surface area contributed by atoms with Crippen LogP contribution in [0, 0.1) is 26.6 Å². The van der Waals surface area contributed by atoms with Crippen molar-refractivity contribution in [2.24, 2.45) is 5.10 Å². The highest BCUT2D eigenvalue weighted by molar-refractivity contribution is 7.92. The number of hydrogen-bond acceptors (Lipinski definition) is 4. The molecule has 0 saturated heterocycles. The minimum absolute atomic E-state index is 0.145. The van der Waals surface area contributed by atoms with E-state index in [0.717, 1.165) is 51.1 Å². The maximum Gasteiger partial charge on any atom is 0.264 e. The third-order valence-corrected chi connectivity index (χ3v) is 8.64. The highest BCUT2D eigenvalue weighted by Gasteiger charge is 2.27. The summed E-state index contributed by atoms with van der Waals surface area (Å²) < 4.78 is 43.1. The Morgan fingerprint density at radius 1 is 1.03 bits per heavy atom. The normalized spacial score (nSPS) is 11.6. The highest BCUT2D eigenvalue weighted by atomic mass is 35.5. The molecule has 1 aromatic heterocycles. The number of aromatic nitrogens is 1. The van der Waals surface area contributed by atoms with Gasteiger partial charge in [0.25, 0.3) is 15.9 Å². The van der Waals surface area contributed by atoms with Crippen molar-refractivity contribution in [2.75, 3.05) is 10.8 Å². The average molecular weight is 588 g/mol. The molecule has 4 rings (SSSR count). The largest absolute Gasteiger partial charge is 0.316 e. The van der Waals surface area contributed by atoms with Crippen molar-refractivity contribution in [2.45, 2.75) is 25.7 Å². The maximum atomic E-state index is 13.4. The van der Waals surface area contributed by atoms with Gasteiger partial charge in [-0.3, -0.25) is 9.10 Å². The SMILES string of the molecule is Cc1ccc(N(CC(=O)N/N=C\c2cc(C)n(-c3cccc(Cl)c3Cl)c2C)S(=O)(=O)c2ccc(F)cc2)cc1. The number of amides is 1. The van der Waals surface area contributed by atoms with Crippen LogP contribution in [0.2, 0.25) is 10.0 Å². The van der Waals surface area contributed by atoms with E-state index in [0.29, 0.717) is 15.7 Å². The molecule has 0 unspecified atom stereocenters. The zero-order chi connectivity index (χ0) is 28.3. The Morgan fingerprint density at radius 2 is 1.69 bits per heavy atom. The van der Waals surface area contributed by atoms with Gasteiger partial charge in [-0.15, -0.1) is 0 Å². The number of halogens is 3. The average Bonchev–Trinajstić information content (AvgIpc) is 3.17. The minimum atomic E-state index is -4.18. The standard InChI is InChI=1S/C28H25Cl2FN4O3S/c1-18-7-11-23(12-8-18)34(39(37,38)24-13-9-22(31)10-14-24)17-27(36)33-32-16-21-15-19(2)35(20(21)3)26-6-4-5-25(29)28(26)30/h4-16H,17H2,1-3H3,(H,33,36)/b32-16-. The number of anilines is 1. The van der Waals surface area contributed by atoms with Crippen molar-refractivity contribution in [1.29, 1.82) is 0 Å². The van der Waals surface area contributed by atoms with Crippen LogP contribution in [0.3, 0.4) is 0 Å². The molecule has 39 heavy (non-hydrogen) atoms. The zero-order valence-corrected chi connectivity index (χ0v) is 23.6. The number of carbonyl (C=O) groups is 1. The fraction of sp³-hybridized carbons (Fsp3) is 0.143. The Labute approximate surface area is 236 Å². The van der Waals surface area contributed by atoms with Crippen molar-refractivity contribution >= 4 is 51.0 Å². The number of hydrogen-bond donors (Lipinski definition) is 1. The quantitative estimate of drug-likeness (QED) is 0.197. The van der Waals surface area contributed by atoms with E-state index in [9.17, 15) is 17.6 Å². The van der Waals surface area contributed by atoms with Gasteiger partial charge >= 0.3 is 0 Å². The molecular formula is C28H25Cl2FN4O3S. The number of sulfonamides is 1. The summed E-state index contributed by atoms with van der Waals surface area (Å²) in [5.74, 6) is -1.23. The van der Waals surface area contributed by atoms with Gasteiger partial charge in [-0.2, -0.15) is 5.10 Å². The van der Waals surface area contributed by atoms with Crippen molar-refractivity contribution in [3.05, 3.63) is 111 Å². The van der Waals surface area contributed by atoms with Gasteiger partial charge in [0.1, 0.15) is 12.4 Å². The zero-order valence-electron chi connectivity index (χ0n) is 21.3. The molecule has 0 saturated carbocycles. The predicted molar refractivity (Wildman–Crippen MR) is 153 cm³/mol. The third kappa shape index (κ3) is 6.16. The lowest BCUT2D eigenvalue weighted by Gasteiger charge is -2.23. The second-order valence-electron chi connectivity index (χ2n) is 8.83. The van der Waals surface area contributed by atoms with Gasteiger partial charge in [-0.1, -0.05) is 47.0 Å². The van der Waals surface area contributed by atoms with Crippen LogP contribution in [0.15, 0.2) is 82.8 Å². The van der Waals surface area contributed by atoms with E-state index >= 15 is 0 Å². The summed E-state index contributed by atoms with van der Waals surface area (Å²) in [6.45, 7) is 5.10. The van der Waals surface area contributed by atoms with Gasteiger partial charge in [-0.05, 0) is 75.4 Å². The molecular weight excluding hydrogens is 562 g/mol. The Kier molecular flexibility index (Phi) is 8.44.